The number of hydrogen-bond donors (Lipinski definition) is 1. The largest absolute Gasteiger partial charge is 0.306 e. The Morgan fingerprint density at radius 3 is 2.83 bits per heavy atom. The van der Waals surface area contributed by atoms with E-state index in [1.807, 2.05) is 0 Å². The Hall–Kier alpha value is -1.24. The SMILES string of the molecule is O=C(Nc1ncccc1Br)c1cc(Cl)nnc1Cl. The lowest BCUT2D eigenvalue weighted by Crippen LogP contribution is -2.14. The molecule has 0 aliphatic rings. The minimum atomic E-state index is -0.462. The maximum absolute atomic E-state index is 12.0. The van der Waals surface area contributed by atoms with Gasteiger partial charge in [-0.2, -0.15) is 0 Å². The second-order valence-electron chi connectivity index (χ2n) is 3.16. The summed E-state index contributed by atoms with van der Waals surface area (Å²) in [5, 5.41) is 9.73. The molecule has 92 valence electrons. The fraction of sp³-hybridized carbons (Fsp3) is 0. The number of pyridine rings is 1. The third kappa shape index (κ3) is 2.95. The van der Waals surface area contributed by atoms with Crippen molar-refractivity contribution in [2.24, 2.45) is 0 Å². The second kappa shape index (κ2) is 5.60. The summed E-state index contributed by atoms with van der Waals surface area (Å²) in [6, 6.07) is 4.82. The van der Waals surface area contributed by atoms with Gasteiger partial charge in [-0.3, -0.25) is 4.79 Å². The van der Waals surface area contributed by atoms with Gasteiger partial charge in [0.05, 0.1) is 10.0 Å². The van der Waals surface area contributed by atoms with Gasteiger partial charge >= 0.3 is 0 Å². The second-order valence-corrected chi connectivity index (χ2v) is 4.76. The topological polar surface area (TPSA) is 67.8 Å². The standard InChI is InChI=1S/C10H5BrCl2N4O/c11-6-2-1-3-14-9(6)15-10(18)5-4-7(12)16-17-8(5)13/h1-4H,(H,14,15,18). The number of nitrogens with zero attached hydrogens (tertiary/aromatic N) is 3. The van der Waals surface area contributed by atoms with E-state index in [0.717, 1.165) is 0 Å². The summed E-state index contributed by atoms with van der Waals surface area (Å²) in [7, 11) is 0. The van der Waals surface area contributed by atoms with Crippen LogP contribution in [0.2, 0.25) is 10.3 Å². The molecule has 1 amide bonds. The van der Waals surface area contributed by atoms with E-state index in [1.54, 1.807) is 18.3 Å². The highest BCUT2D eigenvalue weighted by Gasteiger charge is 2.14. The highest BCUT2D eigenvalue weighted by atomic mass is 79.9. The number of rotatable bonds is 2. The van der Waals surface area contributed by atoms with Gasteiger partial charge in [0.15, 0.2) is 10.3 Å². The van der Waals surface area contributed by atoms with Gasteiger partial charge in [-0.05, 0) is 34.1 Å². The molecule has 1 N–H and O–H groups in total. The molecule has 2 rings (SSSR count). The summed E-state index contributed by atoms with van der Waals surface area (Å²) in [6.07, 6.45) is 1.56. The zero-order valence-electron chi connectivity index (χ0n) is 8.69. The molecule has 0 radical (unpaired) electrons. The van der Waals surface area contributed by atoms with E-state index in [-0.39, 0.29) is 15.9 Å². The van der Waals surface area contributed by atoms with Crippen LogP contribution in [-0.4, -0.2) is 21.1 Å². The van der Waals surface area contributed by atoms with Crippen LogP contribution in [0.3, 0.4) is 0 Å². The monoisotopic (exact) mass is 346 g/mol. The molecular weight excluding hydrogens is 343 g/mol. The van der Waals surface area contributed by atoms with Crippen molar-refractivity contribution < 1.29 is 4.79 Å². The Balaban J connectivity index is 2.28. The van der Waals surface area contributed by atoms with E-state index >= 15 is 0 Å². The van der Waals surface area contributed by atoms with Gasteiger partial charge in [0.25, 0.3) is 5.91 Å². The van der Waals surface area contributed by atoms with Crippen molar-refractivity contribution in [3.63, 3.8) is 0 Å². The maximum Gasteiger partial charge on any atom is 0.260 e. The Labute approximate surface area is 121 Å². The molecule has 0 aromatic carbocycles. The van der Waals surface area contributed by atoms with Crippen LogP contribution >= 0.6 is 39.1 Å². The number of hydrogen-bond acceptors (Lipinski definition) is 4. The van der Waals surface area contributed by atoms with Crippen LogP contribution in [0.5, 0.6) is 0 Å². The lowest BCUT2D eigenvalue weighted by atomic mass is 10.3. The molecule has 0 aliphatic heterocycles. The zero-order chi connectivity index (χ0) is 13.1. The van der Waals surface area contributed by atoms with Crippen LogP contribution in [0, 0.1) is 0 Å². The van der Waals surface area contributed by atoms with E-state index in [0.29, 0.717) is 10.3 Å². The highest BCUT2D eigenvalue weighted by molar-refractivity contribution is 9.10. The Kier molecular flexibility index (Phi) is 4.11. The first-order chi connectivity index (χ1) is 8.58. The third-order valence-corrected chi connectivity index (χ3v) is 3.06. The predicted molar refractivity (Wildman–Crippen MR) is 71.9 cm³/mol. The minimum absolute atomic E-state index is 0.0241. The number of carbonyl (C=O) groups excluding carboxylic acids is 1. The minimum Gasteiger partial charge on any atom is -0.306 e. The van der Waals surface area contributed by atoms with Crippen LogP contribution in [0.15, 0.2) is 28.9 Å². The molecule has 0 fully saturated rings. The van der Waals surface area contributed by atoms with Crippen molar-refractivity contribution in [1.29, 1.82) is 0 Å². The van der Waals surface area contributed by atoms with Gasteiger partial charge in [-0.25, -0.2) is 4.98 Å². The van der Waals surface area contributed by atoms with Gasteiger partial charge in [-0.1, -0.05) is 23.2 Å². The molecule has 18 heavy (non-hydrogen) atoms. The molecule has 0 saturated carbocycles. The van der Waals surface area contributed by atoms with Gasteiger partial charge in [0.2, 0.25) is 0 Å². The molecular formula is C10H5BrCl2N4O. The van der Waals surface area contributed by atoms with Crippen LogP contribution in [0.1, 0.15) is 10.4 Å². The first kappa shape index (κ1) is 13.2. The number of anilines is 1. The van der Waals surface area contributed by atoms with Crippen molar-refractivity contribution in [3.8, 4) is 0 Å². The lowest BCUT2D eigenvalue weighted by Gasteiger charge is -2.06. The van der Waals surface area contributed by atoms with Gasteiger partial charge in [-0.15, -0.1) is 10.2 Å². The van der Waals surface area contributed by atoms with Crippen molar-refractivity contribution in [2.75, 3.05) is 5.32 Å². The average molecular weight is 348 g/mol. The van der Waals surface area contributed by atoms with E-state index in [2.05, 4.69) is 36.4 Å². The van der Waals surface area contributed by atoms with Crippen molar-refractivity contribution in [1.82, 2.24) is 15.2 Å². The molecule has 0 spiro atoms. The summed E-state index contributed by atoms with van der Waals surface area (Å²) >= 11 is 14.7. The Bertz CT molecular complexity index is 608. The lowest BCUT2D eigenvalue weighted by molar-refractivity contribution is 0.102. The number of carbonyl (C=O) groups is 1. The van der Waals surface area contributed by atoms with Gasteiger partial charge < -0.3 is 5.32 Å². The Morgan fingerprint density at radius 2 is 2.11 bits per heavy atom. The number of amides is 1. The average Bonchev–Trinajstić information content (AvgIpc) is 2.35. The number of nitrogens with one attached hydrogen (secondary N) is 1. The normalized spacial score (nSPS) is 10.2. The molecule has 2 heterocycles. The van der Waals surface area contributed by atoms with Crippen molar-refractivity contribution in [3.05, 3.63) is 44.7 Å². The third-order valence-electron chi connectivity index (χ3n) is 1.95. The molecule has 0 atom stereocenters. The zero-order valence-corrected chi connectivity index (χ0v) is 11.8. The molecule has 0 saturated heterocycles. The van der Waals surface area contributed by atoms with E-state index < -0.39 is 5.91 Å². The highest BCUT2D eigenvalue weighted by Crippen LogP contribution is 2.21. The first-order valence-electron chi connectivity index (χ1n) is 4.68. The van der Waals surface area contributed by atoms with Crippen LogP contribution in [0.4, 0.5) is 5.82 Å². The van der Waals surface area contributed by atoms with E-state index in [4.69, 9.17) is 23.2 Å². The molecule has 2 aromatic heterocycles. The molecule has 5 nitrogen and oxygen atoms in total. The molecule has 8 heteroatoms. The fourth-order valence-electron chi connectivity index (χ4n) is 1.16. The Morgan fingerprint density at radius 1 is 1.33 bits per heavy atom. The first-order valence-corrected chi connectivity index (χ1v) is 6.23. The molecule has 2 aromatic rings. The fourth-order valence-corrected chi connectivity index (χ4v) is 1.84. The summed E-state index contributed by atoms with van der Waals surface area (Å²) in [5.41, 5.74) is 0.134. The molecule has 0 bridgehead atoms. The summed E-state index contributed by atoms with van der Waals surface area (Å²) < 4.78 is 0.655. The number of halogens is 3. The van der Waals surface area contributed by atoms with Gasteiger partial charge in [0.1, 0.15) is 5.82 Å². The van der Waals surface area contributed by atoms with Crippen LogP contribution < -0.4 is 5.32 Å². The summed E-state index contributed by atoms with van der Waals surface area (Å²) in [6.45, 7) is 0. The van der Waals surface area contributed by atoms with E-state index in [1.165, 1.54) is 6.07 Å². The smallest absolute Gasteiger partial charge is 0.260 e. The van der Waals surface area contributed by atoms with Crippen molar-refractivity contribution >= 4 is 50.9 Å². The van der Waals surface area contributed by atoms with Gasteiger partial charge in [0, 0.05) is 6.20 Å². The molecule has 0 unspecified atom stereocenters. The predicted octanol–water partition coefficient (Wildman–Crippen LogP) is 3.19. The van der Waals surface area contributed by atoms with Crippen LogP contribution in [-0.2, 0) is 0 Å². The molecule has 0 aliphatic carbocycles. The summed E-state index contributed by atoms with van der Waals surface area (Å²) in [5.74, 6) is -0.0808. The maximum atomic E-state index is 12.0. The quantitative estimate of drug-likeness (QED) is 0.905. The van der Waals surface area contributed by atoms with Crippen molar-refractivity contribution in [2.45, 2.75) is 0 Å². The van der Waals surface area contributed by atoms with Crippen LogP contribution in [0.25, 0.3) is 0 Å². The van der Waals surface area contributed by atoms with E-state index in [9.17, 15) is 4.79 Å². The summed E-state index contributed by atoms with van der Waals surface area (Å²) in [4.78, 5) is 16.0. The number of aromatic nitrogens is 3.